The molecule has 0 bridgehead atoms. The van der Waals surface area contributed by atoms with Crippen LogP contribution in [0.1, 0.15) is 52.0 Å². The third kappa shape index (κ3) is 8.23. The third-order valence-electron chi connectivity index (χ3n) is 8.25. The summed E-state index contributed by atoms with van der Waals surface area (Å²) in [5, 5.41) is 5.51. The number of carbonyl (C=O) groups is 6. The average molecular weight is 612 g/mol. The van der Waals surface area contributed by atoms with Crippen molar-refractivity contribution in [1.29, 1.82) is 0 Å². The number of nitrogens with zero attached hydrogens (tertiary/aromatic N) is 3. The topological polar surface area (TPSA) is 145 Å². The molecule has 2 aliphatic heterocycles. The number of benzene rings is 1. The summed E-state index contributed by atoms with van der Waals surface area (Å²) in [6.07, 6.45) is 1.19. The smallest absolute Gasteiger partial charge is 0.308 e. The second kappa shape index (κ2) is 15.5. The van der Waals surface area contributed by atoms with Gasteiger partial charge >= 0.3 is 5.97 Å². The van der Waals surface area contributed by atoms with Crippen LogP contribution in [0.15, 0.2) is 43.0 Å². The first-order valence-electron chi connectivity index (χ1n) is 15.1. The largest absolute Gasteiger partial charge is 0.452 e. The van der Waals surface area contributed by atoms with E-state index in [9.17, 15) is 28.8 Å². The average Bonchev–Trinajstić information content (AvgIpc) is 3.49. The Kier molecular flexibility index (Phi) is 12.1. The first-order chi connectivity index (χ1) is 20.9. The van der Waals surface area contributed by atoms with Crippen LogP contribution in [0.25, 0.3) is 0 Å². The maximum Gasteiger partial charge on any atom is 0.308 e. The molecule has 0 radical (unpaired) electrons. The number of rotatable bonds is 5. The summed E-state index contributed by atoms with van der Waals surface area (Å²) in [5.41, 5.74) is 0.796. The van der Waals surface area contributed by atoms with E-state index in [1.807, 2.05) is 30.3 Å². The lowest BCUT2D eigenvalue weighted by molar-refractivity contribution is -0.161. The summed E-state index contributed by atoms with van der Waals surface area (Å²) in [6, 6.07) is 5.42. The molecule has 240 valence electrons. The van der Waals surface area contributed by atoms with Gasteiger partial charge in [0, 0.05) is 40.0 Å². The highest BCUT2D eigenvalue weighted by Gasteiger charge is 2.41. The molecular weight excluding hydrogens is 566 g/mol. The van der Waals surface area contributed by atoms with E-state index in [1.54, 1.807) is 20.8 Å². The molecule has 2 fully saturated rings. The van der Waals surface area contributed by atoms with Crippen LogP contribution >= 0.6 is 0 Å². The highest BCUT2D eigenvalue weighted by molar-refractivity contribution is 5.96. The van der Waals surface area contributed by atoms with Crippen molar-refractivity contribution in [2.45, 2.75) is 83.1 Å². The first-order valence-corrected chi connectivity index (χ1v) is 15.1. The highest BCUT2D eigenvalue weighted by Crippen LogP contribution is 2.22. The number of likely N-dealkylation sites (N-methyl/N-ethyl adjacent to an activating group) is 2. The normalized spacial score (nSPS) is 26.8. The molecule has 3 rings (SSSR count). The van der Waals surface area contributed by atoms with Crippen LogP contribution in [0, 0.1) is 5.92 Å². The van der Waals surface area contributed by atoms with Crippen LogP contribution in [0.4, 0.5) is 0 Å². The van der Waals surface area contributed by atoms with Crippen LogP contribution in [0.2, 0.25) is 0 Å². The Labute approximate surface area is 259 Å². The van der Waals surface area contributed by atoms with Gasteiger partial charge in [-0.25, -0.2) is 0 Å². The maximum absolute atomic E-state index is 14.1. The van der Waals surface area contributed by atoms with Crippen molar-refractivity contribution in [3.63, 3.8) is 0 Å². The van der Waals surface area contributed by atoms with E-state index in [2.05, 4.69) is 17.2 Å². The fourth-order valence-corrected chi connectivity index (χ4v) is 5.67. The number of cyclic esters (lactones) is 1. The molecular formula is C32H45N5O7. The van der Waals surface area contributed by atoms with Crippen molar-refractivity contribution < 1.29 is 33.5 Å². The molecule has 0 aromatic heterocycles. The molecule has 1 aromatic carbocycles. The molecule has 2 N–H and O–H groups in total. The molecule has 2 saturated heterocycles. The van der Waals surface area contributed by atoms with Crippen molar-refractivity contribution in [2.75, 3.05) is 27.2 Å². The quantitative estimate of drug-likeness (QED) is 0.374. The number of carbonyl (C=O) groups excluding carboxylic acids is 6. The molecule has 44 heavy (non-hydrogen) atoms. The number of ether oxygens (including phenoxy) is 1. The zero-order chi connectivity index (χ0) is 32.6. The van der Waals surface area contributed by atoms with E-state index < -0.39 is 65.8 Å². The van der Waals surface area contributed by atoms with Gasteiger partial charge in [0.1, 0.15) is 24.2 Å². The molecule has 0 saturated carbocycles. The highest BCUT2D eigenvalue weighted by atomic mass is 16.5. The predicted molar refractivity (Wildman–Crippen MR) is 163 cm³/mol. The van der Waals surface area contributed by atoms with Crippen LogP contribution in [0.3, 0.4) is 0 Å². The van der Waals surface area contributed by atoms with Gasteiger partial charge < -0.3 is 30.1 Å². The van der Waals surface area contributed by atoms with Crippen LogP contribution in [-0.4, -0.2) is 108 Å². The lowest BCUT2D eigenvalue weighted by atomic mass is 9.98. The SMILES string of the molecule is C=CCC1OC(=O)CCNC(=O)[C@H](C)N(C)C(=O)[C@H](C(C)C)N(C)C(=O)[C@H](Cc2ccccc2)NC(=O)[C@@H]2CCCN2C1=O. The second-order valence-electron chi connectivity index (χ2n) is 11.7. The van der Waals surface area contributed by atoms with Gasteiger partial charge in [-0.1, -0.05) is 50.3 Å². The fraction of sp³-hybridized carbons (Fsp3) is 0.562. The van der Waals surface area contributed by atoms with E-state index in [0.29, 0.717) is 12.8 Å². The molecule has 2 aliphatic rings. The van der Waals surface area contributed by atoms with Crippen molar-refractivity contribution in [3.05, 3.63) is 48.6 Å². The minimum atomic E-state index is -1.19. The van der Waals surface area contributed by atoms with E-state index in [4.69, 9.17) is 4.74 Å². The van der Waals surface area contributed by atoms with Crippen molar-refractivity contribution in [2.24, 2.45) is 5.92 Å². The zero-order valence-corrected chi connectivity index (χ0v) is 26.3. The molecule has 1 aromatic rings. The Balaban J connectivity index is 2.03. The fourth-order valence-electron chi connectivity index (χ4n) is 5.67. The molecule has 5 atom stereocenters. The van der Waals surface area contributed by atoms with E-state index >= 15 is 0 Å². The van der Waals surface area contributed by atoms with Gasteiger partial charge in [0.2, 0.25) is 23.6 Å². The van der Waals surface area contributed by atoms with Crippen LogP contribution < -0.4 is 10.6 Å². The molecule has 0 aliphatic carbocycles. The third-order valence-corrected chi connectivity index (χ3v) is 8.25. The van der Waals surface area contributed by atoms with Gasteiger partial charge in [-0.3, -0.25) is 28.8 Å². The van der Waals surface area contributed by atoms with Gasteiger partial charge in [-0.15, -0.1) is 6.58 Å². The number of fused-ring (bicyclic) bond motifs is 1. The summed E-state index contributed by atoms with van der Waals surface area (Å²) < 4.78 is 5.47. The lowest BCUT2D eigenvalue weighted by Gasteiger charge is -2.37. The minimum Gasteiger partial charge on any atom is -0.452 e. The first kappa shape index (κ1) is 34.3. The van der Waals surface area contributed by atoms with Crippen molar-refractivity contribution in [3.8, 4) is 0 Å². The summed E-state index contributed by atoms with van der Waals surface area (Å²) in [4.78, 5) is 84.7. The Bertz CT molecular complexity index is 1240. The lowest BCUT2D eigenvalue weighted by Crippen LogP contribution is -2.60. The summed E-state index contributed by atoms with van der Waals surface area (Å²) >= 11 is 0. The van der Waals surface area contributed by atoms with Gasteiger partial charge in [-0.2, -0.15) is 0 Å². The number of amides is 5. The van der Waals surface area contributed by atoms with Gasteiger partial charge in [0.25, 0.3) is 5.91 Å². The molecule has 12 heteroatoms. The number of nitrogens with one attached hydrogen (secondary N) is 2. The monoisotopic (exact) mass is 611 g/mol. The zero-order valence-electron chi connectivity index (χ0n) is 26.3. The van der Waals surface area contributed by atoms with E-state index in [-0.39, 0.29) is 38.3 Å². The van der Waals surface area contributed by atoms with E-state index in [0.717, 1.165) is 5.56 Å². The minimum absolute atomic E-state index is 0.0439. The van der Waals surface area contributed by atoms with Gasteiger partial charge in [0.15, 0.2) is 6.10 Å². The Morgan fingerprint density at radius 2 is 1.66 bits per heavy atom. The standard InChI is InChI=1S/C32H45N5O7/c1-7-12-25-31(42)37-18-11-15-24(37)29(40)34-23(19-22-13-9-8-10-14-22)30(41)36(6)27(20(2)3)32(43)35(5)21(4)28(39)33-17-16-26(38)44-25/h7-10,13-14,20-21,23-25,27H,1,11-12,15-19H2,2-6H3,(H,33,39)(H,34,40)/t21-,23-,24-,25?,27-/m0/s1. The summed E-state index contributed by atoms with van der Waals surface area (Å²) in [6.45, 7) is 9.04. The molecule has 5 amide bonds. The molecule has 2 heterocycles. The van der Waals surface area contributed by atoms with Crippen LogP contribution in [-0.2, 0) is 39.9 Å². The Morgan fingerprint density at radius 1 is 0.977 bits per heavy atom. The van der Waals surface area contributed by atoms with Crippen molar-refractivity contribution >= 4 is 35.5 Å². The van der Waals surface area contributed by atoms with Crippen molar-refractivity contribution in [1.82, 2.24) is 25.3 Å². The molecule has 1 unspecified atom stereocenters. The summed E-state index contributed by atoms with van der Waals surface area (Å²) in [7, 11) is 3.00. The number of hydrogen-bond acceptors (Lipinski definition) is 7. The molecule has 0 spiro atoms. The Morgan fingerprint density at radius 3 is 2.30 bits per heavy atom. The number of esters is 1. The maximum atomic E-state index is 14.1. The second-order valence-corrected chi connectivity index (χ2v) is 11.7. The van der Waals surface area contributed by atoms with E-state index in [1.165, 1.54) is 34.9 Å². The van der Waals surface area contributed by atoms with Gasteiger partial charge in [-0.05, 0) is 31.2 Å². The van der Waals surface area contributed by atoms with Gasteiger partial charge in [0.05, 0.1) is 6.42 Å². The number of hydrogen-bond donors (Lipinski definition) is 2. The van der Waals surface area contributed by atoms with Crippen LogP contribution in [0.5, 0.6) is 0 Å². The predicted octanol–water partition coefficient (Wildman–Crippen LogP) is 1.04. The summed E-state index contributed by atoms with van der Waals surface area (Å²) in [5.74, 6) is -3.47. The Hall–Kier alpha value is -4.22. The molecule has 12 nitrogen and oxygen atoms in total.